The third kappa shape index (κ3) is 3.35. The molecule has 1 aromatic carbocycles. The maximum atomic E-state index is 5.78. The summed E-state index contributed by atoms with van der Waals surface area (Å²) in [4.78, 5) is 2.14. The fourth-order valence-corrected chi connectivity index (χ4v) is 2.73. The van der Waals surface area contributed by atoms with Gasteiger partial charge >= 0.3 is 0 Å². The van der Waals surface area contributed by atoms with Crippen molar-refractivity contribution in [1.82, 2.24) is 19.9 Å². The van der Waals surface area contributed by atoms with Crippen LogP contribution in [0.1, 0.15) is 18.7 Å². The molecular formula is C18H22N4O. The van der Waals surface area contributed by atoms with Crippen molar-refractivity contribution in [3.8, 4) is 22.6 Å². The van der Waals surface area contributed by atoms with Crippen LogP contribution in [-0.2, 0) is 0 Å². The first-order valence-corrected chi connectivity index (χ1v) is 7.77. The van der Waals surface area contributed by atoms with Gasteiger partial charge < -0.3 is 9.32 Å². The van der Waals surface area contributed by atoms with Crippen molar-refractivity contribution in [2.75, 3.05) is 20.6 Å². The molecule has 1 atom stereocenters. The zero-order valence-corrected chi connectivity index (χ0v) is 14.0. The molecule has 0 radical (unpaired) electrons. The molecule has 0 saturated heterocycles. The summed E-state index contributed by atoms with van der Waals surface area (Å²) in [7, 11) is 4.12. The average Bonchev–Trinajstić information content (AvgIpc) is 3.15. The Morgan fingerprint density at radius 3 is 2.52 bits per heavy atom. The molecule has 0 bridgehead atoms. The summed E-state index contributed by atoms with van der Waals surface area (Å²) < 4.78 is 7.69. The molecular weight excluding hydrogens is 288 g/mol. The Morgan fingerprint density at radius 1 is 1.13 bits per heavy atom. The zero-order valence-electron chi connectivity index (χ0n) is 14.0. The summed E-state index contributed by atoms with van der Waals surface area (Å²) in [6, 6.07) is 12.4. The largest absolute Gasteiger partial charge is 0.461 e. The van der Waals surface area contributed by atoms with Crippen molar-refractivity contribution in [2.24, 2.45) is 0 Å². The number of likely N-dealkylation sites (N-methyl/N-ethyl adjacent to an activating group) is 1. The normalized spacial score (nSPS) is 12.7. The van der Waals surface area contributed by atoms with Gasteiger partial charge in [0.05, 0.1) is 12.2 Å². The van der Waals surface area contributed by atoms with E-state index in [1.807, 2.05) is 42.1 Å². The van der Waals surface area contributed by atoms with E-state index in [-0.39, 0.29) is 6.04 Å². The third-order valence-electron chi connectivity index (χ3n) is 3.80. The number of aromatic nitrogens is 3. The van der Waals surface area contributed by atoms with Gasteiger partial charge in [-0.15, -0.1) is 5.10 Å². The van der Waals surface area contributed by atoms with Crippen molar-refractivity contribution < 1.29 is 4.42 Å². The molecule has 0 aliphatic carbocycles. The average molecular weight is 310 g/mol. The van der Waals surface area contributed by atoms with Gasteiger partial charge in [0.2, 0.25) is 0 Å². The lowest BCUT2D eigenvalue weighted by atomic mass is 10.0. The fourth-order valence-electron chi connectivity index (χ4n) is 2.73. The monoisotopic (exact) mass is 310 g/mol. The molecule has 0 aliphatic heterocycles. The van der Waals surface area contributed by atoms with Gasteiger partial charge in [0.25, 0.3) is 0 Å². The highest BCUT2D eigenvalue weighted by Crippen LogP contribution is 2.32. The molecule has 5 nitrogen and oxygen atoms in total. The van der Waals surface area contributed by atoms with Crippen molar-refractivity contribution >= 4 is 0 Å². The molecule has 2 aromatic heterocycles. The van der Waals surface area contributed by atoms with Gasteiger partial charge in [-0.2, -0.15) is 0 Å². The lowest BCUT2D eigenvalue weighted by Crippen LogP contribution is -2.22. The molecule has 0 unspecified atom stereocenters. The minimum atomic E-state index is 0.268. The van der Waals surface area contributed by atoms with E-state index in [2.05, 4.69) is 48.4 Å². The number of nitrogens with zero attached hydrogens (tertiary/aromatic N) is 4. The van der Waals surface area contributed by atoms with Crippen LogP contribution in [-0.4, -0.2) is 40.5 Å². The number of hydrogen-bond acceptors (Lipinski definition) is 4. The first-order chi connectivity index (χ1) is 11.0. The minimum Gasteiger partial charge on any atom is -0.461 e. The molecule has 0 fully saturated rings. The Balaban J connectivity index is 1.95. The van der Waals surface area contributed by atoms with Gasteiger partial charge in [-0.1, -0.05) is 29.5 Å². The maximum absolute atomic E-state index is 5.78. The van der Waals surface area contributed by atoms with Crippen molar-refractivity contribution in [3.05, 3.63) is 48.4 Å². The molecule has 0 N–H and O–H groups in total. The summed E-state index contributed by atoms with van der Waals surface area (Å²) >= 11 is 0. The Hall–Kier alpha value is -2.40. The smallest absolute Gasteiger partial charge is 0.134 e. The molecule has 0 aliphatic rings. The third-order valence-corrected chi connectivity index (χ3v) is 3.80. The predicted molar refractivity (Wildman–Crippen MR) is 91.2 cm³/mol. The first kappa shape index (κ1) is 15.5. The second-order valence-electron chi connectivity index (χ2n) is 6.15. The van der Waals surface area contributed by atoms with E-state index < -0.39 is 0 Å². The van der Waals surface area contributed by atoms with Gasteiger partial charge in [0.15, 0.2) is 0 Å². The fraction of sp³-hybridized carbons (Fsp3) is 0.333. The molecule has 120 valence electrons. The molecule has 3 rings (SSSR count). The second kappa shape index (κ2) is 6.38. The first-order valence-electron chi connectivity index (χ1n) is 7.77. The van der Waals surface area contributed by atoms with Crippen LogP contribution in [0.5, 0.6) is 0 Å². The van der Waals surface area contributed by atoms with Crippen LogP contribution in [0.2, 0.25) is 0 Å². The summed E-state index contributed by atoms with van der Waals surface area (Å²) in [5.41, 5.74) is 2.93. The van der Waals surface area contributed by atoms with Crippen LogP contribution in [0, 0.1) is 6.92 Å². The highest BCUT2D eigenvalue weighted by Gasteiger charge is 2.15. The highest BCUT2D eigenvalue weighted by molar-refractivity contribution is 5.79. The molecule has 2 heterocycles. The Labute approximate surface area is 136 Å². The number of furan rings is 1. The highest BCUT2D eigenvalue weighted by atomic mass is 16.3. The Kier molecular flexibility index (Phi) is 4.30. The topological polar surface area (TPSA) is 47.1 Å². The number of hydrogen-bond donors (Lipinski definition) is 0. The molecule has 3 aromatic rings. The molecule has 23 heavy (non-hydrogen) atoms. The molecule has 5 heteroatoms. The van der Waals surface area contributed by atoms with Crippen LogP contribution in [0.25, 0.3) is 22.6 Å². The quantitative estimate of drug-likeness (QED) is 0.722. The van der Waals surface area contributed by atoms with E-state index in [1.54, 1.807) is 0 Å². The summed E-state index contributed by atoms with van der Waals surface area (Å²) in [6.07, 6.45) is 2.00. The van der Waals surface area contributed by atoms with Crippen LogP contribution < -0.4 is 0 Å². The Morgan fingerprint density at radius 2 is 1.87 bits per heavy atom. The standard InChI is InChI=1S/C18H22N4O/c1-13(11-21(3)4)22-12-17(19-20-22)15-7-5-6-8-16(15)18-10-9-14(2)23-18/h5-10,12-13H,11H2,1-4H3/t13-/m1/s1. The van der Waals surface area contributed by atoms with Crippen LogP contribution in [0.4, 0.5) is 0 Å². The van der Waals surface area contributed by atoms with Crippen molar-refractivity contribution in [2.45, 2.75) is 19.9 Å². The van der Waals surface area contributed by atoms with E-state index in [9.17, 15) is 0 Å². The van der Waals surface area contributed by atoms with Crippen LogP contribution in [0.15, 0.2) is 47.0 Å². The second-order valence-corrected chi connectivity index (χ2v) is 6.15. The van der Waals surface area contributed by atoms with Gasteiger partial charge in [0, 0.05) is 17.7 Å². The number of benzene rings is 1. The zero-order chi connectivity index (χ0) is 16.4. The van der Waals surface area contributed by atoms with Crippen molar-refractivity contribution in [3.63, 3.8) is 0 Å². The number of rotatable bonds is 5. The van der Waals surface area contributed by atoms with Crippen molar-refractivity contribution in [1.29, 1.82) is 0 Å². The lowest BCUT2D eigenvalue weighted by Gasteiger charge is -2.16. The van der Waals surface area contributed by atoms with Gasteiger partial charge in [-0.05, 0) is 40.1 Å². The summed E-state index contributed by atoms with van der Waals surface area (Å²) in [5, 5.41) is 8.66. The molecule has 0 spiro atoms. The predicted octanol–water partition coefficient (Wildman–Crippen LogP) is 3.64. The SMILES string of the molecule is Cc1ccc(-c2ccccc2-c2cn([C@H](C)CN(C)C)nn2)o1. The summed E-state index contributed by atoms with van der Waals surface area (Å²) in [5.74, 6) is 1.76. The van der Waals surface area contributed by atoms with E-state index in [0.717, 1.165) is 34.9 Å². The van der Waals surface area contributed by atoms with Gasteiger partial charge in [-0.25, -0.2) is 4.68 Å². The van der Waals surface area contributed by atoms with E-state index in [4.69, 9.17) is 4.42 Å². The van der Waals surface area contributed by atoms with E-state index in [1.165, 1.54) is 0 Å². The lowest BCUT2D eigenvalue weighted by molar-refractivity contribution is 0.319. The van der Waals surface area contributed by atoms with Crippen LogP contribution in [0.3, 0.4) is 0 Å². The van der Waals surface area contributed by atoms with Gasteiger partial charge in [0.1, 0.15) is 17.2 Å². The molecule has 0 saturated carbocycles. The molecule has 0 amide bonds. The maximum Gasteiger partial charge on any atom is 0.134 e. The van der Waals surface area contributed by atoms with Gasteiger partial charge in [-0.3, -0.25) is 0 Å². The van der Waals surface area contributed by atoms with Crippen LogP contribution >= 0.6 is 0 Å². The number of aryl methyl sites for hydroxylation is 1. The van der Waals surface area contributed by atoms with E-state index >= 15 is 0 Å². The summed E-state index contributed by atoms with van der Waals surface area (Å²) in [6.45, 7) is 5.01. The Bertz CT molecular complexity index is 788. The minimum absolute atomic E-state index is 0.268. The van der Waals surface area contributed by atoms with E-state index in [0.29, 0.717) is 0 Å².